The van der Waals surface area contributed by atoms with E-state index in [1.807, 2.05) is 25.1 Å². The van der Waals surface area contributed by atoms with Gasteiger partial charge in [-0.25, -0.2) is 0 Å². The molecule has 0 aliphatic carbocycles. The molecule has 0 bridgehead atoms. The average molecular weight is 429 g/mol. The Balaban J connectivity index is 1.57. The van der Waals surface area contributed by atoms with Crippen LogP contribution in [0.2, 0.25) is 0 Å². The van der Waals surface area contributed by atoms with Crippen LogP contribution in [0.5, 0.6) is 5.75 Å². The van der Waals surface area contributed by atoms with E-state index >= 15 is 0 Å². The number of hydrogen-bond acceptors (Lipinski definition) is 6. The van der Waals surface area contributed by atoms with Crippen molar-refractivity contribution in [3.05, 3.63) is 71.8 Å². The van der Waals surface area contributed by atoms with Crippen LogP contribution in [0.4, 0.5) is 0 Å². The van der Waals surface area contributed by atoms with E-state index in [1.165, 1.54) is 12.1 Å². The molecule has 0 radical (unpaired) electrons. The second-order valence-electron chi connectivity index (χ2n) is 6.71. The molecule has 0 saturated heterocycles. The molecule has 30 heavy (non-hydrogen) atoms. The summed E-state index contributed by atoms with van der Waals surface area (Å²) in [6.07, 6.45) is 0. The minimum Gasteiger partial charge on any atom is -0.491 e. The van der Waals surface area contributed by atoms with E-state index in [-0.39, 0.29) is 24.0 Å². The summed E-state index contributed by atoms with van der Waals surface area (Å²) in [4.78, 5) is 12.2. The summed E-state index contributed by atoms with van der Waals surface area (Å²) in [5, 5.41) is 4.52. The predicted molar refractivity (Wildman–Crippen MR) is 115 cm³/mol. The minimum absolute atomic E-state index is 0.0795. The monoisotopic (exact) mass is 428 g/mol. The summed E-state index contributed by atoms with van der Waals surface area (Å²) >= 11 is 0. The molecule has 7 nitrogen and oxygen atoms in total. The van der Waals surface area contributed by atoms with Crippen molar-refractivity contribution in [1.29, 1.82) is 0 Å². The average Bonchev–Trinajstić information content (AvgIpc) is 2.75. The number of hydrogen-bond donors (Lipinski definition) is 2. The van der Waals surface area contributed by atoms with E-state index in [2.05, 4.69) is 5.32 Å². The van der Waals surface area contributed by atoms with Crippen molar-refractivity contribution in [2.75, 3.05) is 26.3 Å². The Kier molecular flexibility index (Phi) is 7.04. The summed E-state index contributed by atoms with van der Waals surface area (Å²) < 4.78 is 35.0. The fourth-order valence-corrected chi connectivity index (χ4v) is 3.71. The lowest BCUT2D eigenvalue weighted by Crippen LogP contribution is -2.28. The second-order valence-corrected chi connectivity index (χ2v) is 8.32. The number of benzene rings is 3. The molecule has 8 heteroatoms. The Morgan fingerprint density at radius 3 is 2.40 bits per heavy atom. The molecular formula is C22H24N2O5S. The van der Waals surface area contributed by atoms with Gasteiger partial charge in [-0.3, -0.25) is 8.98 Å². The van der Waals surface area contributed by atoms with Crippen LogP contribution < -0.4 is 15.8 Å². The lowest BCUT2D eigenvalue weighted by Gasteiger charge is -2.09. The number of nitrogens with one attached hydrogen (secondary N) is 1. The van der Waals surface area contributed by atoms with Crippen LogP contribution in [0.1, 0.15) is 15.9 Å². The Hall–Kier alpha value is -2.94. The first-order valence-electron chi connectivity index (χ1n) is 9.50. The van der Waals surface area contributed by atoms with Gasteiger partial charge in [-0.2, -0.15) is 8.42 Å². The first-order valence-corrected chi connectivity index (χ1v) is 10.9. The van der Waals surface area contributed by atoms with Gasteiger partial charge in [0, 0.05) is 18.7 Å². The first-order chi connectivity index (χ1) is 14.4. The predicted octanol–water partition coefficient (Wildman–Crippen LogP) is 2.62. The maximum absolute atomic E-state index is 12.2. The Morgan fingerprint density at radius 1 is 0.967 bits per heavy atom. The van der Waals surface area contributed by atoms with E-state index in [4.69, 9.17) is 14.7 Å². The van der Waals surface area contributed by atoms with E-state index < -0.39 is 10.1 Å². The van der Waals surface area contributed by atoms with E-state index in [9.17, 15) is 13.2 Å². The Morgan fingerprint density at radius 2 is 1.67 bits per heavy atom. The molecular weight excluding hydrogens is 404 g/mol. The van der Waals surface area contributed by atoms with E-state index in [1.54, 1.807) is 30.3 Å². The zero-order chi connectivity index (χ0) is 21.6. The number of carbonyl (C=O) groups is 1. The number of carbonyl (C=O) groups excluding carboxylic acids is 1. The highest BCUT2D eigenvalue weighted by Gasteiger charge is 2.14. The van der Waals surface area contributed by atoms with Crippen molar-refractivity contribution in [3.8, 4) is 5.75 Å². The van der Waals surface area contributed by atoms with Gasteiger partial charge >= 0.3 is 0 Å². The van der Waals surface area contributed by atoms with Crippen LogP contribution in [0, 0.1) is 6.92 Å². The van der Waals surface area contributed by atoms with Gasteiger partial charge in [-0.05, 0) is 54.1 Å². The third-order valence-corrected chi connectivity index (χ3v) is 5.73. The van der Waals surface area contributed by atoms with Gasteiger partial charge in [-0.1, -0.05) is 29.8 Å². The van der Waals surface area contributed by atoms with Gasteiger partial charge in [0.2, 0.25) is 0 Å². The third kappa shape index (κ3) is 5.56. The SMILES string of the molecule is Cc1ccc(S(=O)(=O)OCCOc2ccc3cc(C(=O)NCCN)ccc3c2)cc1. The van der Waals surface area contributed by atoms with Crippen LogP contribution >= 0.6 is 0 Å². The highest BCUT2D eigenvalue weighted by Crippen LogP contribution is 2.22. The molecule has 0 atom stereocenters. The van der Waals surface area contributed by atoms with Crippen molar-refractivity contribution in [1.82, 2.24) is 5.32 Å². The van der Waals surface area contributed by atoms with Gasteiger partial charge in [0.05, 0.1) is 4.90 Å². The lowest BCUT2D eigenvalue weighted by atomic mass is 10.1. The molecule has 3 N–H and O–H groups in total. The fourth-order valence-electron chi connectivity index (χ4n) is 2.82. The minimum atomic E-state index is -3.81. The van der Waals surface area contributed by atoms with E-state index in [0.29, 0.717) is 24.4 Å². The van der Waals surface area contributed by atoms with Gasteiger partial charge in [0.1, 0.15) is 19.0 Å². The quantitative estimate of drug-likeness (QED) is 0.401. The van der Waals surface area contributed by atoms with Crippen molar-refractivity contribution < 1.29 is 22.1 Å². The van der Waals surface area contributed by atoms with Crippen LogP contribution in [-0.4, -0.2) is 40.6 Å². The number of nitrogens with two attached hydrogens (primary N) is 1. The summed E-state index contributed by atoms with van der Waals surface area (Å²) in [5.41, 5.74) is 6.92. The zero-order valence-electron chi connectivity index (χ0n) is 16.6. The van der Waals surface area contributed by atoms with Gasteiger partial charge in [-0.15, -0.1) is 0 Å². The zero-order valence-corrected chi connectivity index (χ0v) is 17.4. The first kappa shape index (κ1) is 21.8. The summed E-state index contributed by atoms with van der Waals surface area (Å²) in [7, 11) is -3.81. The van der Waals surface area contributed by atoms with Crippen molar-refractivity contribution in [2.45, 2.75) is 11.8 Å². The molecule has 0 aromatic heterocycles. The number of aryl methyl sites for hydroxylation is 1. The molecule has 0 aliphatic heterocycles. The number of fused-ring (bicyclic) bond motifs is 1. The van der Waals surface area contributed by atoms with Crippen molar-refractivity contribution >= 4 is 26.8 Å². The largest absolute Gasteiger partial charge is 0.491 e. The number of amides is 1. The topological polar surface area (TPSA) is 108 Å². The van der Waals surface area contributed by atoms with Crippen LogP contribution in [-0.2, 0) is 14.3 Å². The summed E-state index contributed by atoms with van der Waals surface area (Å²) in [5.74, 6) is 0.411. The van der Waals surface area contributed by atoms with E-state index in [0.717, 1.165) is 16.3 Å². The number of ether oxygens (including phenoxy) is 1. The van der Waals surface area contributed by atoms with Crippen molar-refractivity contribution in [2.24, 2.45) is 5.73 Å². The highest BCUT2D eigenvalue weighted by atomic mass is 32.2. The fraction of sp³-hybridized carbons (Fsp3) is 0.227. The molecule has 3 rings (SSSR count). The number of rotatable bonds is 9. The molecule has 0 heterocycles. The maximum Gasteiger partial charge on any atom is 0.297 e. The van der Waals surface area contributed by atoms with Crippen LogP contribution in [0.25, 0.3) is 10.8 Å². The molecule has 1 amide bonds. The third-order valence-electron chi connectivity index (χ3n) is 4.40. The van der Waals surface area contributed by atoms with Crippen molar-refractivity contribution in [3.63, 3.8) is 0 Å². The molecule has 0 aliphatic rings. The second kappa shape index (κ2) is 9.71. The molecule has 0 fully saturated rings. The summed E-state index contributed by atoms with van der Waals surface area (Å²) in [6, 6.07) is 17.2. The van der Waals surface area contributed by atoms with Gasteiger partial charge < -0.3 is 15.8 Å². The highest BCUT2D eigenvalue weighted by molar-refractivity contribution is 7.86. The van der Waals surface area contributed by atoms with Crippen LogP contribution in [0.15, 0.2) is 65.6 Å². The standard InChI is InChI=1S/C22H24N2O5S/c1-16-2-8-21(9-3-16)30(26,27)29-13-12-28-20-7-6-17-14-19(5-4-18(17)15-20)22(25)24-11-10-23/h2-9,14-15H,10-13,23H2,1H3,(H,24,25). The Bertz CT molecular complexity index is 1130. The lowest BCUT2D eigenvalue weighted by molar-refractivity contribution is 0.0955. The smallest absolute Gasteiger partial charge is 0.297 e. The molecule has 158 valence electrons. The summed E-state index contributed by atoms with van der Waals surface area (Å²) in [6.45, 7) is 2.66. The maximum atomic E-state index is 12.2. The van der Waals surface area contributed by atoms with Crippen LogP contribution in [0.3, 0.4) is 0 Å². The molecule has 0 unspecified atom stereocenters. The molecule has 3 aromatic rings. The molecule has 3 aromatic carbocycles. The van der Waals surface area contributed by atoms with Gasteiger partial charge in [0.15, 0.2) is 0 Å². The van der Waals surface area contributed by atoms with Gasteiger partial charge in [0.25, 0.3) is 16.0 Å². The molecule has 0 saturated carbocycles. The molecule has 0 spiro atoms. The Labute approximate surface area is 175 Å². The normalized spacial score (nSPS) is 11.4.